The van der Waals surface area contributed by atoms with Crippen molar-refractivity contribution in [2.45, 2.75) is 258 Å². The Balaban J connectivity index is 4.38. The lowest BCUT2D eigenvalue weighted by atomic mass is 10.0. The molecule has 0 spiro atoms. The Kier molecular flexibility index (Phi) is 48.9. The van der Waals surface area contributed by atoms with E-state index in [0.717, 1.165) is 96.3 Å². The van der Waals surface area contributed by atoms with Crippen LogP contribution in [0.5, 0.6) is 0 Å². The summed E-state index contributed by atoms with van der Waals surface area (Å²) < 4.78 is 16.7. The molecule has 6 nitrogen and oxygen atoms in total. The molecule has 0 aromatic rings. The highest BCUT2D eigenvalue weighted by Crippen LogP contribution is 2.16. The first-order valence-corrected chi connectivity index (χ1v) is 26.4. The number of hydrogen-bond acceptors (Lipinski definition) is 6. The Morgan fingerprint density at radius 1 is 0.333 bits per heavy atom. The van der Waals surface area contributed by atoms with Gasteiger partial charge in [-0.15, -0.1) is 0 Å². The van der Waals surface area contributed by atoms with Gasteiger partial charge in [0.05, 0.1) is 0 Å². The lowest BCUT2D eigenvalue weighted by Crippen LogP contribution is -2.30. The predicted octanol–water partition coefficient (Wildman–Crippen LogP) is 17.4. The summed E-state index contributed by atoms with van der Waals surface area (Å²) in [5, 5.41) is 0. The van der Waals surface area contributed by atoms with Crippen molar-refractivity contribution in [2.24, 2.45) is 0 Å². The molecule has 0 heterocycles. The van der Waals surface area contributed by atoms with Gasteiger partial charge in [-0.2, -0.15) is 0 Å². The highest BCUT2D eigenvalue weighted by Gasteiger charge is 2.19. The number of esters is 3. The number of ether oxygens (including phenoxy) is 3. The standard InChI is InChI=1S/C57H98O6/c1-4-7-10-13-16-19-22-24-26-28-29-31-32-35-38-41-44-47-50-56(59)62-53-54(52-61-55(58)49-46-43-40-37-34-21-18-15-12-9-6-3)63-57(60)51-48-45-42-39-36-33-30-27-25-23-20-17-14-11-8-5-2/h8-9,11-12,17-18,20-21,25,27,37,40,54H,4-7,10,13-16,19,22-24,26,28-36,38-39,41-53H2,1-3H3/b11-8-,12-9-,20-17-,21-18-,27-25-,40-37-. The van der Waals surface area contributed by atoms with Crippen molar-refractivity contribution < 1.29 is 28.6 Å². The molecule has 0 N–H and O–H groups in total. The Morgan fingerprint density at radius 2 is 0.635 bits per heavy atom. The number of carbonyl (C=O) groups is 3. The van der Waals surface area contributed by atoms with Crippen molar-refractivity contribution in [2.75, 3.05) is 13.2 Å². The van der Waals surface area contributed by atoms with Crippen molar-refractivity contribution >= 4 is 17.9 Å². The van der Waals surface area contributed by atoms with Crippen molar-refractivity contribution in [3.05, 3.63) is 72.9 Å². The van der Waals surface area contributed by atoms with E-state index >= 15 is 0 Å². The van der Waals surface area contributed by atoms with E-state index < -0.39 is 6.10 Å². The molecule has 0 amide bonds. The lowest BCUT2D eigenvalue weighted by molar-refractivity contribution is -0.167. The predicted molar refractivity (Wildman–Crippen MR) is 270 cm³/mol. The second-order valence-electron chi connectivity index (χ2n) is 17.4. The van der Waals surface area contributed by atoms with E-state index in [1.165, 1.54) is 109 Å². The van der Waals surface area contributed by atoms with Crippen LogP contribution in [0.1, 0.15) is 252 Å². The van der Waals surface area contributed by atoms with Gasteiger partial charge in [-0.25, -0.2) is 0 Å². The fraction of sp³-hybridized carbons (Fsp3) is 0.737. The van der Waals surface area contributed by atoms with Crippen LogP contribution in [0, 0.1) is 0 Å². The van der Waals surface area contributed by atoms with Crippen LogP contribution in [0.2, 0.25) is 0 Å². The van der Waals surface area contributed by atoms with E-state index in [9.17, 15) is 14.4 Å². The minimum atomic E-state index is -0.800. The summed E-state index contributed by atoms with van der Waals surface area (Å²) in [5.74, 6) is -0.961. The molecule has 6 heteroatoms. The third-order valence-corrected chi connectivity index (χ3v) is 11.2. The van der Waals surface area contributed by atoms with E-state index in [1.54, 1.807) is 0 Å². The van der Waals surface area contributed by atoms with E-state index in [1.807, 2.05) is 0 Å². The molecule has 0 saturated heterocycles. The van der Waals surface area contributed by atoms with Crippen LogP contribution in [-0.4, -0.2) is 37.2 Å². The number of carbonyl (C=O) groups excluding carboxylic acids is 3. The van der Waals surface area contributed by atoms with Crippen molar-refractivity contribution in [1.29, 1.82) is 0 Å². The molecular weight excluding hydrogens is 781 g/mol. The van der Waals surface area contributed by atoms with E-state index in [2.05, 4.69) is 93.7 Å². The molecule has 0 rings (SSSR count). The topological polar surface area (TPSA) is 78.9 Å². The summed E-state index contributed by atoms with van der Waals surface area (Å²) in [5.41, 5.74) is 0. The average Bonchev–Trinajstić information content (AvgIpc) is 3.28. The summed E-state index contributed by atoms with van der Waals surface area (Å²) in [6.45, 7) is 6.36. The smallest absolute Gasteiger partial charge is 0.306 e. The van der Waals surface area contributed by atoms with Gasteiger partial charge in [0.15, 0.2) is 6.10 Å². The molecule has 0 saturated carbocycles. The van der Waals surface area contributed by atoms with Gasteiger partial charge in [-0.05, 0) is 77.0 Å². The molecule has 0 fully saturated rings. The molecule has 1 unspecified atom stereocenters. The monoisotopic (exact) mass is 879 g/mol. The zero-order valence-electron chi connectivity index (χ0n) is 41.3. The third kappa shape index (κ3) is 49.7. The Labute approximate surface area is 389 Å². The number of unbranched alkanes of at least 4 members (excludes halogenated alkanes) is 24. The van der Waals surface area contributed by atoms with E-state index in [0.29, 0.717) is 19.3 Å². The molecule has 0 aliphatic heterocycles. The normalized spacial score (nSPS) is 12.6. The van der Waals surface area contributed by atoms with Crippen LogP contribution in [0.15, 0.2) is 72.9 Å². The van der Waals surface area contributed by atoms with Gasteiger partial charge in [0.25, 0.3) is 0 Å². The highest BCUT2D eigenvalue weighted by atomic mass is 16.6. The lowest BCUT2D eigenvalue weighted by Gasteiger charge is -2.18. The summed E-state index contributed by atoms with van der Waals surface area (Å²) in [6, 6.07) is 0. The van der Waals surface area contributed by atoms with Crippen LogP contribution < -0.4 is 0 Å². The number of rotatable bonds is 47. The summed E-state index contributed by atoms with van der Waals surface area (Å²) in [6.07, 6.45) is 64.7. The van der Waals surface area contributed by atoms with Crippen molar-refractivity contribution in [3.63, 3.8) is 0 Å². The second kappa shape index (κ2) is 51.5. The molecule has 0 radical (unpaired) electrons. The van der Waals surface area contributed by atoms with Gasteiger partial charge < -0.3 is 14.2 Å². The van der Waals surface area contributed by atoms with Gasteiger partial charge in [0.2, 0.25) is 0 Å². The average molecular weight is 879 g/mol. The molecule has 0 aromatic carbocycles. The fourth-order valence-corrected chi connectivity index (χ4v) is 7.30. The third-order valence-electron chi connectivity index (χ3n) is 11.2. The quantitative estimate of drug-likeness (QED) is 0.0262. The van der Waals surface area contributed by atoms with Crippen LogP contribution in [0.3, 0.4) is 0 Å². The largest absolute Gasteiger partial charge is 0.462 e. The van der Waals surface area contributed by atoms with E-state index in [-0.39, 0.29) is 37.5 Å². The highest BCUT2D eigenvalue weighted by molar-refractivity contribution is 5.71. The van der Waals surface area contributed by atoms with Crippen LogP contribution in [0.4, 0.5) is 0 Å². The van der Waals surface area contributed by atoms with Crippen LogP contribution >= 0.6 is 0 Å². The van der Waals surface area contributed by atoms with Gasteiger partial charge in [0.1, 0.15) is 13.2 Å². The van der Waals surface area contributed by atoms with Gasteiger partial charge in [0, 0.05) is 19.3 Å². The number of hydrogen-bond donors (Lipinski definition) is 0. The first kappa shape index (κ1) is 59.9. The Bertz CT molecular complexity index is 1190. The van der Waals surface area contributed by atoms with E-state index in [4.69, 9.17) is 14.2 Å². The number of allylic oxidation sites excluding steroid dienone is 12. The maximum absolute atomic E-state index is 12.8. The first-order valence-electron chi connectivity index (χ1n) is 26.4. The van der Waals surface area contributed by atoms with Gasteiger partial charge in [-0.3, -0.25) is 14.4 Å². The van der Waals surface area contributed by atoms with Crippen LogP contribution in [0.25, 0.3) is 0 Å². The molecule has 0 aliphatic rings. The second-order valence-corrected chi connectivity index (χ2v) is 17.4. The first-order chi connectivity index (χ1) is 31.0. The van der Waals surface area contributed by atoms with Crippen LogP contribution in [-0.2, 0) is 28.6 Å². The molecule has 0 bridgehead atoms. The molecule has 0 aromatic heterocycles. The minimum Gasteiger partial charge on any atom is -0.462 e. The molecule has 0 aliphatic carbocycles. The maximum Gasteiger partial charge on any atom is 0.306 e. The SMILES string of the molecule is CC/C=C\C/C=C\C/C=C\CCCCCCCCC(=O)OC(COC(=O)CCC/C=C\C/C=C\C/C=C\CC)COC(=O)CCCCCCCCCCCCCCCCCCCC. The maximum atomic E-state index is 12.8. The zero-order chi connectivity index (χ0) is 45.8. The fourth-order valence-electron chi connectivity index (χ4n) is 7.30. The van der Waals surface area contributed by atoms with Gasteiger partial charge >= 0.3 is 17.9 Å². The molecule has 1 atom stereocenters. The Morgan fingerprint density at radius 3 is 1.03 bits per heavy atom. The Hall–Kier alpha value is -3.15. The van der Waals surface area contributed by atoms with Crippen molar-refractivity contribution in [3.8, 4) is 0 Å². The molecular formula is C57H98O6. The zero-order valence-corrected chi connectivity index (χ0v) is 41.3. The van der Waals surface area contributed by atoms with Gasteiger partial charge in [-0.1, -0.05) is 229 Å². The minimum absolute atomic E-state index is 0.0948. The summed E-state index contributed by atoms with van der Waals surface area (Å²) >= 11 is 0. The molecule has 362 valence electrons. The molecule has 63 heavy (non-hydrogen) atoms. The summed E-state index contributed by atoms with van der Waals surface area (Å²) in [4.78, 5) is 38.0. The van der Waals surface area contributed by atoms with Crippen molar-refractivity contribution in [1.82, 2.24) is 0 Å². The summed E-state index contributed by atoms with van der Waals surface area (Å²) in [7, 11) is 0.